The number of hydrogen-bond donors (Lipinski definition) is 1. The summed E-state index contributed by atoms with van der Waals surface area (Å²) in [6.45, 7) is 0. The summed E-state index contributed by atoms with van der Waals surface area (Å²) in [5.74, 6) is -1.18. The van der Waals surface area contributed by atoms with Gasteiger partial charge >= 0.3 is 5.97 Å². The number of rotatable bonds is 4. The normalized spacial score (nSPS) is 15.2. The zero-order valence-corrected chi connectivity index (χ0v) is 10.5. The van der Waals surface area contributed by atoms with Crippen LogP contribution in [0.5, 0.6) is 5.75 Å². The monoisotopic (exact) mass is 273 g/mol. The zero-order chi connectivity index (χ0) is 13.3. The molecule has 1 aliphatic rings. The maximum Gasteiger partial charge on any atom is 0.314 e. The average molecular weight is 273 g/mol. The van der Waals surface area contributed by atoms with Crippen LogP contribution in [0.1, 0.15) is 12.8 Å². The van der Waals surface area contributed by atoms with Crippen molar-refractivity contribution in [1.29, 1.82) is 0 Å². The summed E-state index contributed by atoms with van der Waals surface area (Å²) in [7, 11) is -3.54. The molecule has 0 amide bonds. The van der Waals surface area contributed by atoms with Crippen molar-refractivity contribution in [2.75, 3.05) is 11.0 Å². The Hall–Kier alpha value is -1.63. The minimum Gasteiger partial charge on any atom is -0.426 e. The zero-order valence-electron chi connectivity index (χ0n) is 9.64. The number of benzene rings is 1. The van der Waals surface area contributed by atoms with E-state index < -0.39 is 15.8 Å². The van der Waals surface area contributed by atoms with Gasteiger partial charge in [0.25, 0.3) is 0 Å². The molecule has 1 aliphatic carbocycles. The van der Waals surface area contributed by atoms with Crippen molar-refractivity contribution in [3.63, 3.8) is 0 Å². The molecule has 98 valence electrons. The van der Waals surface area contributed by atoms with Crippen molar-refractivity contribution in [3.05, 3.63) is 24.0 Å². The van der Waals surface area contributed by atoms with Gasteiger partial charge in [-0.1, -0.05) is 0 Å². The number of ether oxygens (including phenoxy) is 1. The molecule has 0 aromatic heterocycles. The maximum absolute atomic E-state index is 13.5. The fourth-order valence-corrected chi connectivity index (χ4v) is 1.93. The third-order valence-electron chi connectivity index (χ3n) is 2.37. The van der Waals surface area contributed by atoms with Gasteiger partial charge in [0.1, 0.15) is 5.75 Å². The van der Waals surface area contributed by atoms with E-state index in [0.29, 0.717) is 0 Å². The van der Waals surface area contributed by atoms with Gasteiger partial charge in [0, 0.05) is 6.07 Å². The summed E-state index contributed by atoms with van der Waals surface area (Å²) < 4.78 is 42.4. The van der Waals surface area contributed by atoms with Gasteiger partial charge in [0.2, 0.25) is 10.0 Å². The second-order valence-electron chi connectivity index (χ2n) is 4.21. The van der Waals surface area contributed by atoms with E-state index in [1.807, 2.05) is 4.72 Å². The minimum absolute atomic E-state index is 0.0726. The standard InChI is InChI=1S/C11H12FNO4S/c1-18(15,16)13-10-5-4-8(6-9(10)12)17-11(14)7-2-3-7/h4-7,13H,2-3H2,1H3. The summed E-state index contributed by atoms with van der Waals surface area (Å²) in [6, 6.07) is 3.54. The van der Waals surface area contributed by atoms with Crippen molar-refractivity contribution in [1.82, 2.24) is 0 Å². The number of halogens is 1. The molecule has 1 aromatic rings. The molecule has 1 fully saturated rings. The van der Waals surface area contributed by atoms with Crippen molar-refractivity contribution < 1.29 is 22.3 Å². The minimum atomic E-state index is -3.54. The summed E-state index contributed by atoms with van der Waals surface area (Å²) in [4.78, 5) is 11.3. The second-order valence-corrected chi connectivity index (χ2v) is 5.96. The molecular formula is C11H12FNO4S. The van der Waals surface area contributed by atoms with E-state index in [0.717, 1.165) is 25.2 Å². The summed E-state index contributed by atoms with van der Waals surface area (Å²) in [6.07, 6.45) is 2.53. The molecule has 0 heterocycles. The predicted molar refractivity (Wildman–Crippen MR) is 63.2 cm³/mol. The van der Waals surface area contributed by atoms with E-state index in [-0.39, 0.29) is 23.3 Å². The average Bonchev–Trinajstić information content (AvgIpc) is 3.03. The molecule has 0 radical (unpaired) electrons. The number of hydrogen-bond acceptors (Lipinski definition) is 4. The lowest BCUT2D eigenvalue weighted by Gasteiger charge is -2.07. The molecule has 0 atom stereocenters. The number of esters is 1. The third-order valence-corrected chi connectivity index (χ3v) is 2.96. The first-order valence-corrected chi connectivity index (χ1v) is 7.23. The van der Waals surface area contributed by atoms with Crippen molar-refractivity contribution in [2.45, 2.75) is 12.8 Å². The molecular weight excluding hydrogens is 261 g/mol. The Morgan fingerprint density at radius 2 is 2.11 bits per heavy atom. The lowest BCUT2D eigenvalue weighted by Crippen LogP contribution is -2.12. The van der Waals surface area contributed by atoms with Crippen LogP contribution >= 0.6 is 0 Å². The Kier molecular flexibility index (Phi) is 3.25. The van der Waals surface area contributed by atoms with E-state index in [1.54, 1.807) is 0 Å². The lowest BCUT2D eigenvalue weighted by atomic mass is 10.3. The first-order valence-electron chi connectivity index (χ1n) is 5.34. The van der Waals surface area contributed by atoms with Gasteiger partial charge in [-0.15, -0.1) is 0 Å². The first kappa shape index (κ1) is 12.8. The number of sulfonamides is 1. The number of carbonyl (C=O) groups is 1. The number of nitrogens with one attached hydrogen (secondary N) is 1. The second kappa shape index (κ2) is 4.56. The maximum atomic E-state index is 13.5. The largest absolute Gasteiger partial charge is 0.426 e. The van der Waals surface area contributed by atoms with E-state index in [1.165, 1.54) is 12.1 Å². The van der Waals surface area contributed by atoms with Gasteiger partial charge in [-0.2, -0.15) is 0 Å². The molecule has 0 bridgehead atoms. The molecule has 0 aliphatic heterocycles. The molecule has 5 nitrogen and oxygen atoms in total. The van der Waals surface area contributed by atoms with Gasteiger partial charge < -0.3 is 4.74 Å². The predicted octanol–water partition coefficient (Wildman–Crippen LogP) is 1.51. The topological polar surface area (TPSA) is 72.5 Å². The molecule has 0 spiro atoms. The molecule has 0 saturated heterocycles. The van der Waals surface area contributed by atoms with Crippen molar-refractivity contribution in [3.8, 4) is 5.75 Å². The van der Waals surface area contributed by atoms with Crippen LogP contribution in [0, 0.1) is 11.7 Å². The Bertz CT molecular complexity index is 581. The summed E-state index contributed by atoms with van der Waals surface area (Å²) in [5.41, 5.74) is -0.177. The number of carbonyl (C=O) groups excluding carboxylic acids is 1. The Balaban J connectivity index is 2.11. The molecule has 2 rings (SSSR count). The summed E-state index contributed by atoms with van der Waals surface area (Å²) >= 11 is 0. The summed E-state index contributed by atoms with van der Waals surface area (Å²) in [5, 5.41) is 0. The van der Waals surface area contributed by atoms with E-state index in [4.69, 9.17) is 4.74 Å². The van der Waals surface area contributed by atoms with E-state index in [2.05, 4.69) is 0 Å². The smallest absolute Gasteiger partial charge is 0.314 e. The highest BCUT2D eigenvalue weighted by atomic mass is 32.2. The molecule has 1 saturated carbocycles. The Morgan fingerprint density at radius 3 is 2.61 bits per heavy atom. The van der Waals surface area contributed by atoms with Crippen LogP contribution in [0.25, 0.3) is 0 Å². The van der Waals surface area contributed by atoms with Crippen molar-refractivity contribution >= 4 is 21.7 Å². The van der Waals surface area contributed by atoms with Crippen LogP contribution in [0.4, 0.5) is 10.1 Å². The highest BCUT2D eigenvalue weighted by Gasteiger charge is 2.31. The first-order chi connectivity index (χ1) is 8.35. The van der Waals surface area contributed by atoms with Crippen LogP contribution in [0.3, 0.4) is 0 Å². The fraction of sp³-hybridized carbons (Fsp3) is 0.364. The molecule has 0 unspecified atom stereocenters. The Labute approximate surface area is 104 Å². The highest BCUT2D eigenvalue weighted by molar-refractivity contribution is 7.92. The van der Waals surface area contributed by atoms with Crippen molar-refractivity contribution in [2.24, 2.45) is 5.92 Å². The van der Waals surface area contributed by atoms with Gasteiger partial charge in [0.15, 0.2) is 5.82 Å². The quantitative estimate of drug-likeness (QED) is 0.666. The SMILES string of the molecule is CS(=O)(=O)Nc1ccc(OC(=O)C2CC2)cc1F. The third kappa shape index (κ3) is 3.43. The highest BCUT2D eigenvalue weighted by Crippen LogP contribution is 2.31. The van der Waals surface area contributed by atoms with Crippen LogP contribution in [0.15, 0.2) is 18.2 Å². The van der Waals surface area contributed by atoms with Gasteiger partial charge in [-0.05, 0) is 25.0 Å². The van der Waals surface area contributed by atoms with E-state index in [9.17, 15) is 17.6 Å². The molecule has 7 heteroatoms. The number of anilines is 1. The van der Waals surface area contributed by atoms with Crippen LogP contribution in [-0.2, 0) is 14.8 Å². The lowest BCUT2D eigenvalue weighted by molar-refractivity contribution is -0.135. The van der Waals surface area contributed by atoms with Crippen LogP contribution in [-0.4, -0.2) is 20.6 Å². The molecule has 1 aromatic carbocycles. The van der Waals surface area contributed by atoms with Gasteiger partial charge in [-0.3, -0.25) is 9.52 Å². The molecule has 1 N–H and O–H groups in total. The van der Waals surface area contributed by atoms with Gasteiger partial charge in [-0.25, -0.2) is 12.8 Å². The van der Waals surface area contributed by atoms with Gasteiger partial charge in [0.05, 0.1) is 17.9 Å². The molecule has 18 heavy (non-hydrogen) atoms. The van der Waals surface area contributed by atoms with Crippen LogP contribution in [0.2, 0.25) is 0 Å². The van der Waals surface area contributed by atoms with E-state index >= 15 is 0 Å². The Morgan fingerprint density at radius 1 is 1.44 bits per heavy atom. The van der Waals surface area contributed by atoms with Crippen LogP contribution < -0.4 is 9.46 Å². The fourth-order valence-electron chi connectivity index (χ4n) is 1.36.